The third-order valence-corrected chi connectivity index (χ3v) is 4.11. The van der Waals surface area contributed by atoms with Gasteiger partial charge >= 0.3 is 0 Å². The molecule has 0 spiro atoms. The molecule has 1 unspecified atom stereocenters. The minimum atomic E-state index is 0.581. The first kappa shape index (κ1) is 11.5. The van der Waals surface area contributed by atoms with Crippen LogP contribution in [0.4, 0.5) is 5.69 Å². The van der Waals surface area contributed by atoms with Gasteiger partial charge < -0.3 is 5.32 Å². The maximum atomic E-state index is 5.89. The normalized spacial score (nSPS) is 20.2. The number of aliphatic imine (C=N–C) groups is 1. The van der Waals surface area contributed by atoms with Crippen molar-refractivity contribution in [1.82, 2.24) is 0 Å². The van der Waals surface area contributed by atoms with Gasteiger partial charge in [-0.3, -0.25) is 4.99 Å². The molecule has 1 N–H and O–H groups in total. The third-order valence-electron chi connectivity index (χ3n) is 1.98. The van der Waals surface area contributed by atoms with Crippen LogP contribution in [-0.4, -0.2) is 17.0 Å². The van der Waals surface area contributed by atoms with Crippen LogP contribution in [0.3, 0.4) is 0 Å². The summed E-state index contributed by atoms with van der Waals surface area (Å²) in [6.07, 6.45) is 0. The van der Waals surface area contributed by atoms with Crippen molar-refractivity contribution in [3.8, 4) is 0 Å². The summed E-state index contributed by atoms with van der Waals surface area (Å²) in [5.41, 5.74) is 1.07. The van der Waals surface area contributed by atoms with Gasteiger partial charge in [-0.1, -0.05) is 30.3 Å². The minimum absolute atomic E-state index is 0.581. The molecule has 80 valence electrons. The van der Waals surface area contributed by atoms with Gasteiger partial charge in [-0.05, 0) is 40.8 Å². The highest BCUT2D eigenvalue weighted by molar-refractivity contribution is 14.1. The number of nitrogens with one attached hydrogen (secondary N) is 1. The van der Waals surface area contributed by atoms with E-state index >= 15 is 0 Å². The number of amidine groups is 1. The van der Waals surface area contributed by atoms with Gasteiger partial charge in [-0.15, -0.1) is 0 Å². The Morgan fingerprint density at radius 3 is 3.00 bits per heavy atom. The van der Waals surface area contributed by atoms with Crippen LogP contribution >= 0.6 is 46.0 Å². The Kier molecular flexibility index (Phi) is 3.79. The molecule has 0 radical (unpaired) electrons. The smallest absolute Gasteiger partial charge is 0.161 e. The average molecular weight is 353 g/mol. The van der Waals surface area contributed by atoms with Crippen molar-refractivity contribution >= 4 is 56.8 Å². The number of hydrogen-bond donors (Lipinski definition) is 1. The molecule has 5 heteroatoms. The highest BCUT2D eigenvalue weighted by atomic mass is 127. The second kappa shape index (κ2) is 4.93. The Balaban J connectivity index is 2.11. The molecule has 0 aliphatic carbocycles. The van der Waals surface area contributed by atoms with Crippen molar-refractivity contribution in [2.75, 3.05) is 11.9 Å². The van der Waals surface area contributed by atoms with E-state index in [-0.39, 0.29) is 0 Å². The van der Waals surface area contributed by atoms with Crippen LogP contribution in [0.25, 0.3) is 0 Å². The fraction of sp³-hybridized carbons (Fsp3) is 0.300. The summed E-state index contributed by atoms with van der Waals surface area (Å²) < 4.78 is 1.11. The van der Waals surface area contributed by atoms with Gasteiger partial charge in [-0.25, -0.2) is 0 Å². The van der Waals surface area contributed by atoms with E-state index < -0.39 is 0 Å². The van der Waals surface area contributed by atoms with Crippen LogP contribution in [0.2, 0.25) is 5.02 Å². The summed E-state index contributed by atoms with van der Waals surface area (Å²) in [6.45, 7) is 3.08. The molecule has 1 aromatic carbocycles. The van der Waals surface area contributed by atoms with E-state index in [4.69, 9.17) is 11.6 Å². The number of benzene rings is 1. The number of nitrogens with zero attached hydrogens (tertiary/aromatic N) is 1. The van der Waals surface area contributed by atoms with Gasteiger partial charge in [-0.2, -0.15) is 0 Å². The van der Waals surface area contributed by atoms with Gasteiger partial charge in [0.25, 0.3) is 0 Å². The molecular formula is C10H10ClIN2S. The van der Waals surface area contributed by atoms with E-state index in [1.165, 1.54) is 0 Å². The van der Waals surface area contributed by atoms with E-state index in [1.54, 1.807) is 11.8 Å². The van der Waals surface area contributed by atoms with Crippen molar-refractivity contribution in [2.24, 2.45) is 4.99 Å². The van der Waals surface area contributed by atoms with Gasteiger partial charge in [0.05, 0.1) is 12.2 Å². The summed E-state index contributed by atoms with van der Waals surface area (Å²) in [6, 6.07) is 5.81. The maximum absolute atomic E-state index is 5.89. The highest BCUT2D eigenvalue weighted by Gasteiger charge is 2.15. The summed E-state index contributed by atoms with van der Waals surface area (Å²) in [5, 5.41) is 5.66. The Morgan fingerprint density at radius 1 is 1.60 bits per heavy atom. The molecule has 15 heavy (non-hydrogen) atoms. The van der Waals surface area contributed by atoms with Crippen LogP contribution in [0.5, 0.6) is 0 Å². The Hall–Kier alpha value is 0.0600. The summed E-state index contributed by atoms with van der Waals surface area (Å²) in [7, 11) is 0. The number of anilines is 1. The molecule has 1 heterocycles. The Labute approximate surface area is 112 Å². The van der Waals surface area contributed by atoms with Crippen molar-refractivity contribution in [3.05, 3.63) is 26.8 Å². The molecule has 1 aliphatic heterocycles. The van der Waals surface area contributed by atoms with E-state index in [1.807, 2.05) is 18.2 Å². The van der Waals surface area contributed by atoms with Crippen molar-refractivity contribution in [1.29, 1.82) is 0 Å². The van der Waals surface area contributed by atoms with E-state index in [0.717, 1.165) is 26.0 Å². The molecule has 2 nitrogen and oxygen atoms in total. The quantitative estimate of drug-likeness (QED) is 0.777. The Morgan fingerprint density at radius 2 is 2.40 bits per heavy atom. The van der Waals surface area contributed by atoms with Crippen LogP contribution in [0.1, 0.15) is 6.92 Å². The molecule has 2 rings (SSSR count). The van der Waals surface area contributed by atoms with Crippen molar-refractivity contribution < 1.29 is 0 Å². The molecule has 0 saturated carbocycles. The van der Waals surface area contributed by atoms with E-state index in [9.17, 15) is 0 Å². The monoisotopic (exact) mass is 352 g/mol. The second-order valence-corrected chi connectivity index (χ2v) is 6.35. The molecule has 1 aliphatic rings. The zero-order valence-electron chi connectivity index (χ0n) is 8.13. The molecular weight excluding hydrogens is 343 g/mol. The van der Waals surface area contributed by atoms with Gasteiger partial charge in [0.2, 0.25) is 0 Å². The number of rotatable bonds is 1. The topological polar surface area (TPSA) is 24.4 Å². The lowest BCUT2D eigenvalue weighted by atomic mass is 10.3. The first-order valence-corrected chi connectivity index (χ1v) is 6.92. The van der Waals surface area contributed by atoms with Crippen LogP contribution in [0.15, 0.2) is 23.2 Å². The first-order chi connectivity index (χ1) is 7.15. The first-order valence-electron chi connectivity index (χ1n) is 4.58. The molecule has 1 aromatic rings. The predicted octanol–water partition coefficient (Wildman–Crippen LogP) is 3.85. The molecule has 1 atom stereocenters. The van der Waals surface area contributed by atoms with Crippen LogP contribution in [0, 0.1) is 3.57 Å². The van der Waals surface area contributed by atoms with Crippen LogP contribution < -0.4 is 5.32 Å². The zero-order chi connectivity index (χ0) is 10.8. The standard InChI is InChI=1S/C10H10ClIN2S/c1-6-5-13-10(15-6)14-9-3-2-7(11)4-8(9)12/h2-4,6H,5H2,1H3,(H,13,14). The van der Waals surface area contributed by atoms with Gasteiger partial charge in [0.15, 0.2) is 5.17 Å². The second-order valence-electron chi connectivity index (χ2n) is 3.32. The highest BCUT2D eigenvalue weighted by Crippen LogP contribution is 2.26. The van der Waals surface area contributed by atoms with Gasteiger partial charge in [0, 0.05) is 13.8 Å². The molecule has 0 bridgehead atoms. The average Bonchev–Trinajstić information content (AvgIpc) is 2.56. The predicted molar refractivity (Wildman–Crippen MR) is 77.1 cm³/mol. The molecule has 0 fully saturated rings. The lowest BCUT2D eigenvalue weighted by Crippen LogP contribution is -2.07. The maximum Gasteiger partial charge on any atom is 0.161 e. The van der Waals surface area contributed by atoms with Crippen molar-refractivity contribution in [2.45, 2.75) is 12.2 Å². The largest absolute Gasteiger partial charge is 0.334 e. The summed E-state index contributed by atoms with van der Waals surface area (Å²) in [4.78, 5) is 4.41. The molecule has 0 amide bonds. The number of hydrogen-bond acceptors (Lipinski definition) is 3. The van der Waals surface area contributed by atoms with Crippen LogP contribution in [-0.2, 0) is 0 Å². The SMILES string of the molecule is CC1CN=C(Nc2ccc(Cl)cc2I)S1. The molecule has 0 saturated heterocycles. The van der Waals surface area contributed by atoms with Gasteiger partial charge in [0.1, 0.15) is 0 Å². The number of thioether (sulfide) groups is 1. The van der Waals surface area contributed by atoms with E-state index in [2.05, 4.69) is 39.8 Å². The lowest BCUT2D eigenvalue weighted by Gasteiger charge is -2.08. The fourth-order valence-electron chi connectivity index (χ4n) is 1.25. The molecule has 0 aromatic heterocycles. The van der Waals surface area contributed by atoms with E-state index in [0.29, 0.717) is 5.25 Å². The zero-order valence-corrected chi connectivity index (χ0v) is 11.9. The van der Waals surface area contributed by atoms with Crippen molar-refractivity contribution in [3.63, 3.8) is 0 Å². The number of halogens is 2. The lowest BCUT2D eigenvalue weighted by molar-refractivity contribution is 0.976. The summed E-state index contributed by atoms with van der Waals surface area (Å²) >= 11 is 9.93. The third kappa shape index (κ3) is 3.01. The Bertz CT molecular complexity index is 408. The minimum Gasteiger partial charge on any atom is -0.334 e. The fourth-order valence-corrected chi connectivity index (χ4v) is 3.11. The summed E-state index contributed by atoms with van der Waals surface area (Å²) in [5.74, 6) is 0.